The summed E-state index contributed by atoms with van der Waals surface area (Å²) in [4.78, 5) is 2.32. The second-order valence-corrected chi connectivity index (χ2v) is 4.35. The minimum Gasteiger partial charge on any atom is -0.290 e. The molecule has 2 aromatic rings. The summed E-state index contributed by atoms with van der Waals surface area (Å²) in [6.45, 7) is 7.95. The Morgan fingerprint density at radius 3 is 1.61 bits per heavy atom. The average Bonchev–Trinajstić information content (AvgIpc) is 2.41. The second kappa shape index (κ2) is 6.97. The van der Waals surface area contributed by atoms with Gasteiger partial charge in [-0.05, 0) is 17.5 Å². The fourth-order valence-corrected chi connectivity index (χ4v) is 2.00. The SMILES string of the molecule is [CH2]C[CH]N(Cc1ccccc1)Cc1ccccc1. The Labute approximate surface area is 110 Å². The minimum atomic E-state index is 0.819. The first-order chi connectivity index (χ1) is 8.88. The summed E-state index contributed by atoms with van der Waals surface area (Å²) < 4.78 is 0. The van der Waals surface area contributed by atoms with E-state index in [4.69, 9.17) is 0 Å². The molecule has 0 spiro atoms. The highest BCUT2D eigenvalue weighted by atomic mass is 15.1. The molecule has 0 aromatic heterocycles. The van der Waals surface area contributed by atoms with Crippen molar-refractivity contribution in [3.63, 3.8) is 0 Å². The lowest BCUT2D eigenvalue weighted by Gasteiger charge is -2.21. The van der Waals surface area contributed by atoms with E-state index < -0.39 is 0 Å². The summed E-state index contributed by atoms with van der Waals surface area (Å²) in [7, 11) is 0. The van der Waals surface area contributed by atoms with Crippen molar-refractivity contribution in [1.82, 2.24) is 4.90 Å². The molecule has 0 fully saturated rings. The molecule has 0 saturated heterocycles. The van der Waals surface area contributed by atoms with Crippen LogP contribution in [0.25, 0.3) is 0 Å². The number of hydrogen-bond donors (Lipinski definition) is 0. The quantitative estimate of drug-likeness (QED) is 0.732. The van der Waals surface area contributed by atoms with Gasteiger partial charge in [0.2, 0.25) is 0 Å². The smallest absolute Gasteiger partial charge is 0.0258 e. The van der Waals surface area contributed by atoms with E-state index in [1.54, 1.807) is 0 Å². The predicted octanol–water partition coefficient (Wildman–Crippen LogP) is 4.07. The highest BCUT2D eigenvalue weighted by Gasteiger charge is 2.05. The van der Waals surface area contributed by atoms with Crippen LogP contribution in [0.5, 0.6) is 0 Å². The summed E-state index contributed by atoms with van der Waals surface area (Å²) in [5.74, 6) is 0. The molecule has 0 N–H and O–H groups in total. The van der Waals surface area contributed by atoms with Crippen LogP contribution in [0, 0.1) is 13.5 Å². The van der Waals surface area contributed by atoms with Crippen LogP contribution in [0.2, 0.25) is 0 Å². The number of rotatable bonds is 6. The van der Waals surface area contributed by atoms with E-state index in [0.717, 1.165) is 19.5 Å². The molecule has 0 aliphatic heterocycles. The lowest BCUT2D eigenvalue weighted by molar-refractivity contribution is 0.314. The van der Waals surface area contributed by atoms with Gasteiger partial charge >= 0.3 is 0 Å². The largest absolute Gasteiger partial charge is 0.290 e. The molecule has 1 nitrogen and oxygen atoms in total. The normalized spacial score (nSPS) is 10.8. The molecule has 1 heteroatoms. The van der Waals surface area contributed by atoms with Crippen LogP contribution in [0.1, 0.15) is 17.5 Å². The molecule has 0 atom stereocenters. The van der Waals surface area contributed by atoms with Gasteiger partial charge in [0.1, 0.15) is 0 Å². The maximum atomic E-state index is 3.91. The summed E-state index contributed by atoms with van der Waals surface area (Å²) in [6, 6.07) is 21.1. The van der Waals surface area contributed by atoms with Crippen LogP contribution in [0.4, 0.5) is 0 Å². The Bertz CT molecular complexity index is 394. The van der Waals surface area contributed by atoms with Crippen LogP contribution in [0.3, 0.4) is 0 Å². The van der Waals surface area contributed by atoms with Crippen molar-refractivity contribution in [1.29, 1.82) is 0 Å². The highest BCUT2D eigenvalue weighted by molar-refractivity contribution is 5.17. The zero-order valence-corrected chi connectivity index (χ0v) is 10.6. The zero-order chi connectivity index (χ0) is 12.6. The van der Waals surface area contributed by atoms with E-state index in [-0.39, 0.29) is 0 Å². The number of hydrogen-bond acceptors (Lipinski definition) is 1. The van der Waals surface area contributed by atoms with Crippen molar-refractivity contribution in [3.8, 4) is 0 Å². The van der Waals surface area contributed by atoms with Crippen molar-refractivity contribution in [2.45, 2.75) is 19.5 Å². The third-order valence-corrected chi connectivity index (χ3v) is 2.84. The van der Waals surface area contributed by atoms with Gasteiger partial charge in [0.25, 0.3) is 0 Å². The molecule has 92 valence electrons. The first kappa shape index (κ1) is 12.8. The molecule has 2 rings (SSSR count). The third-order valence-electron chi connectivity index (χ3n) is 2.84. The van der Waals surface area contributed by atoms with E-state index >= 15 is 0 Å². The second-order valence-electron chi connectivity index (χ2n) is 4.35. The first-order valence-corrected chi connectivity index (χ1v) is 6.33. The summed E-state index contributed by atoms with van der Waals surface area (Å²) in [6.07, 6.45) is 0.819. The van der Waals surface area contributed by atoms with Crippen LogP contribution >= 0.6 is 0 Å². The van der Waals surface area contributed by atoms with Gasteiger partial charge in [0.15, 0.2) is 0 Å². The van der Waals surface area contributed by atoms with E-state index in [9.17, 15) is 0 Å². The van der Waals surface area contributed by atoms with E-state index in [0.29, 0.717) is 0 Å². The van der Waals surface area contributed by atoms with E-state index in [1.807, 2.05) is 0 Å². The third kappa shape index (κ3) is 4.01. The molecule has 18 heavy (non-hydrogen) atoms. The summed E-state index contributed by atoms with van der Waals surface area (Å²) in [5, 5.41) is 0. The van der Waals surface area contributed by atoms with Crippen molar-refractivity contribution in [2.24, 2.45) is 0 Å². The van der Waals surface area contributed by atoms with Gasteiger partial charge in [-0.3, -0.25) is 4.90 Å². The van der Waals surface area contributed by atoms with Gasteiger partial charge < -0.3 is 0 Å². The molecule has 0 aliphatic carbocycles. The van der Waals surface area contributed by atoms with Gasteiger partial charge in [-0.1, -0.05) is 67.6 Å². The molecule has 0 saturated carbocycles. The van der Waals surface area contributed by atoms with Gasteiger partial charge in [0, 0.05) is 19.6 Å². The number of benzene rings is 2. The molecule has 2 radical (unpaired) electrons. The van der Waals surface area contributed by atoms with Crippen molar-refractivity contribution < 1.29 is 0 Å². The molecule has 0 aliphatic rings. The Morgan fingerprint density at radius 1 is 0.778 bits per heavy atom. The lowest BCUT2D eigenvalue weighted by atomic mass is 10.1. The molecule has 0 unspecified atom stereocenters. The van der Waals surface area contributed by atoms with Gasteiger partial charge in [-0.2, -0.15) is 0 Å². The van der Waals surface area contributed by atoms with Crippen LogP contribution < -0.4 is 0 Å². The van der Waals surface area contributed by atoms with Gasteiger partial charge in [0.05, 0.1) is 0 Å². The van der Waals surface area contributed by atoms with Crippen molar-refractivity contribution in [2.75, 3.05) is 0 Å². The Hall–Kier alpha value is -1.60. The fraction of sp³-hybridized carbons (Fsp3) is 0.176. The van der Waals surface area contributed by atoms with Crippen LogP contribution in [0.15, 0.2) is 60.7 Å². The molecule has 0 heterocycles. The van der Waals surface area contributed by atoms with Crippen molar-refractivity contribution >= 4 is 0 Å². The van der Waals surface area contributed by atoms with E-state index in [1.165, 1.54) is 11.1 Å². The standard InChI is InChI=1S/C17H19N/c1-2-13-18(14-16-9-5-3-6-10-16)15-17-11-7-4-8-12-17/h3-13H,1-2,14-15H2. The first-order valence-electron chi connectivity index (χ1n) is 6.33. The maximum absolute atomic E-state index is 3.91. The molecular weight excluding hydrogens is 218 g/mol. The molecule has 0 bridgehead atoms. The number of nitrogens with zero attached hydrogens (tertiary/aromatic N) is 1. The maximum Gasteiger partial charge on any atom is 0.0258 e. The van der Waals surface area contributed by atoms with E-state index in [2.05, 4.69) is 79.0 Å². The van der Waals surface area contributed by atoms with Gasteiger partial charge in [-0.25, -0.2) is 0 Å². The lowest BCUT2D eigenvalue weighted by Crippen LogP contribution is -2.19. The minimum absolute atomic E-state index is 0.819. The monoisotopic (exact) mass is 237 g/mol. The summed E-state index contributed by atoms with van der Waals surface area (Å²) in [5.41, 5.74) is 2.66. The molecule has 0 amide bonds. The van der Waals surface area contributed by atoms with Crippen molar-refractivity contribution in [3.05, 3.63) is 85.3 Å². The Kier molecular flexibility index (Phi) is 4.98. The fourth-order valence-electron chi connectivity index (χ4n) is 2.00. The Morgan fingerprint density at radius 2 is 1.22 bits per heavy atom. The van der Waals surface area contributed by atoms with Crippen LogP contribution in [-0.2, 0) is 13.1 Å². The predicted molar refractivity (Wildman–Crippen MR) is 76.4 cm³/mol. The topological polar surface area (TPSA) is 3.24 Å². The molecular formula is C17H19N. The average molecular weight is 237 g/mol. The van der Waals surface area contributed by atoms with Crippen LogP contribution in [-0.4, -0.2) is 4.90 Å². The Balaban J connectivity index is 2.00. The zero-order valence-electron chi connectivity index (χ0n) is 10.6. The van der Waals surface area contributed by atoms with Gasteiger partial charge in [-0.15, -0.1) is 0 Å². The highest BCUT2D eigenvalue weighted by Crippen LogP contribution is 2.12. The molecule has 2 aromatic carbocycles. The summed E-state index contributed by atoms with van der Waals surface area (Å²) >= 11 is 0.